The monoisotopic (exact) mass is 237 g/mol. The van der Waals surface area contributed by atoms with Crippen LogP contribution in [0.5, 0.6) is 0 Å². The van der Waals surface area contributed by atoms with Gasteiger partial charge in [-0.1, -0.05) is 19.8 Å². The number of hydrogen-bond acceptors (Lipinski definition) is 1. The maximum Gasteiger partial charge on any atom is 0.389 e. The molecule has 0 heterocycles. The minimum atomic E-state index is -4.02. The largest absolute Gasteiger partial charge is 0.389 e. The van der Waals surface area contributed by atoms with Gasteiger partial charge in [0.15, 0.2) is 0 Å². The normalized spacial score (nSPS) is 29.1. The van der Waals surface area contributed by atoms with E-state index in [-0.39, 0.29) is 12.5 Å². The summed E-state index contributed by atoms with van der Waals surface area (Å²) in [5.41, 5.74) is 0. The smallest absolute Gasteiger partial charge is 0.317 e. The van der Waals surface area contributed by atoms with Crippen LogP contribution < -0.4 is 5.32 Å². The minimum absolute atomic E-state index is 0.0362. The summed E-state index contributed by atoms with van der Waals surface area (Å²) in [5, 5.41) is 3.06. The van der Waals surface area contributed by atoms with Crippen LogP contribution in [-0.2, 0) is 0 Å². The van der Waals surface area contributed by atoms with Crippen LogP contribution in [0.25, 0.3) is 0 Å². The topological polar surface area (TPSA) is 12.0 Å². The Labute approximate surface area is 95.8 Å². The molecule has 0 bridgehead atoms. The number of nitrogens with one attached hydrogen (secondary N) is 1. The summed E-state index contributed by atoms with van der Waals surface area (Å²) in [5.74, 6) is 1.18. The molecule has 16 heavy (non-hydrogen) atoms. The van der Waals surface area contributed by atoms with E-state index in [1.807, 2.05) is 0 Å². The first kappa shape index (κ1) is 13.8. The highest BCUT2D eigenvalue weighted by Crippen LogP contribution is 2.33. The zero-order valence-electron chi connectivity index (χ0n) is 10.1. The van der Waals surface area contributed by atoms with Gasteiger partial charge in [0.25, 0.3) is 0 Å². The third kappa shape index (κ3) is 4.73. The van der Waals surface area contributed by atoms with E-state index in [0.29, 0.717) is 5.92 Å². The molecule has 0 saturated heterocycles. The highest BCUT2D eigenvalue weighted by molar-refractivity contribution is 4.80. The molecule has 0 aromatic heterocycles. The standard InChI is InChI=1S/C12H22F3N/c1-9-3-5-10(6-4-9)11(16-2)7-8-12(13,14)15/h9-11,16H,3-8H2,1-2H3. The summed E-state index contributed by atoms with van der Waals surface area (Å²) in [6.07, 6.45) is 0.0133. The molecule has 1 rings (SSSR count). The van der Waals surface area contributed by atoms with Crippen LogP contribution in [0, 0.1) is 11.8 Å². The van der Waals surface area contributed by atoms with E-state index in [1.165, 1.54) is 0 Å². The van der Waals surface area contributed by atoms with Crippen molar-refractivity contribution in [3.8, 4) is 0 Å². The van der Waals surface area contributed by atoms with E-state index in [4.69, 9.17) is 0 Å². The van der Waals surface area contributed by atoms with E-state index in [0.717, 1.165) is 31.6 Å². The highest BCUT2D eigenvalue weighted by Gasteiger charge is 2.31. The molecule has 1 fully saturated rings. The van der Waals surface area contributed by atoms with Crippen molar-refractivity contribution in [2.45, 2.75) is 57.7 Å². The lowest BCUT2D eigenvalue weighted by atomic mass is 9.78. The van der Waals surface area contributed by atoms with Crippen LogP contribution in [-0.4, -0.2) is 19.3 Å². The lowest BCUT2D eigenvalue weighted by Gasteiger charge is -2.32. The molecule has 0 aromatic rings. The zero-order valence-corrected chi connectivity index (χ0v) is 10.1. The van der Waals surface area contributed by atoms with Gasteiger partial charge < -0.3 is 5.32 Å². The summed E-state index contributed by atoms with van der Waals surface area (Å²) in [7, 11) is 1.78. The SMILES string of the molecule is CNC(CCC(F)(F)F)C1CCC(C)CC1. The maximum absolute atomic E-state index is 12.2. The Balaban J connectivity index is 2.36. The van der Waals surface area contributed by atoms with Crippen molar-refractivity contribution in [2.24, 2.45) is 11.8 Å². The number of hydrogen-bond donors (Lipinski definition) is 1. The minimum Gasteiger partial charge on any atom is -0.317 e. The number of alkyl halides is 3. The second-order valence-electron chi connectivity index (χ2n) is 5.07. The van der Waals surface area contributed by atoms with Gasteiger partial charge in [0, 0.05) is 12.5 Å². The Kier molecular flexibility index (Phi) is 5.09. The van der Waals surface area contributed by atoms with Crippen molar-refractivity contribution >= 4 is 0 Å². The third-order valence-corrected chi connectivity index (χ3v) is 3.74. The average Bonchev–Trinajstić information content (AvgIpc) is 2.20. The average molecular weight is 237 g/mol. The Morgan fingerprint density at radius 2 is 1.75 bits per heavy atom. The van der Waals surface area contributed by atoms with Gasteiger partial charge in [0.2, 0.25) is 0 Å². The van der Waals surface area contributed by atoms with Crippen LogP contribution >= 0.6 is 0 Å². The molecule has 0 spiro atoms. The molecule has 1 nitrogen and oxygen atoms in total. The lowest BCUT2D eigenvalue weighted by Crippen LogP contribution is -2.36. The first-order valence-corrected chi connectivity index (χ1v) is 6.16. The van der Waals surface area contributed by atoms with Gasteiger partial charge in [-0.2, -0.15) is 13.2 Å². The van der Waals surface area contributed by atoms with Crippen LogP contribution in [0.3, 0.4) is 0 Å². The van der Waals surface area contributed by atoms with E-state index in [1.54, 1.807) is 7.05 Å². The van der Waals surface area contributed by atoms with E-state index >= 15 is 0 Å². The first-order valence-electron chi connectivity index (χ1n) is 6.16. The molecular weight excluding hydrogens is 215 g/mol. The first-order chi connectivity index (χ1) is 7.42. The van der Waals surface area contributed by atoms with Crippen molar-refractivity contribution in [1.29, 1.82) is 0 Å². The molecule has 1 saturated carbocycles. The molecule has 0 aromatic carbocycles. The Hall–Kier alpha value is -0.250. The van der Waals surface area contributed by atoms with Gasteiger partial charge >= 0.3 is 6.18 Å². The van der Waals surface area contributed by atoms with E-state index in [2.05, 4.69) is 12.2 Å². The molecule has 1 unspecified atom stereocenters. The summed E-state index contributed by atoms with van der Waals surface area (Å²) in [6.45, 7) is 2.22. The zero-order chi connectivity index (χ0) is 12.2. The number of halogens is 3. The fourth-order valence-electron chi connectivity index (χ4n) is 2.62. The second kappa shape index (κ2) is 5.89. The summed E-state index contributed by atoms with van der Waals surface area (Å²) < 4.78 is 36.5. The molecule has 0 aliphatic heterocycles. The molecule has 1 aliphatic rings. The van der Waals surface area contributed by atoms with Gasteiger partial charge in [0.05, 0.1) is 0 Å². The van der Waals surface area contributed by atoms with Gasteiger partial charge in [-0.3, -0.25) is 0 Å². The summed E-state index contributed by atoms with van der Waals surface area (Å²) in [4.78, 5) is 0. The van der Waals surface area contributed by atoms with Crippen molar-refractivity contribution in [3.05, 3.63) is 0 Å². The fraction of sp³-hybridized carbons (Fsp3) is 1.00. The summed E-state index contributed by atoms with van der Waals surface area (Å²) >= 11 is 0. The van der Waals surface area contributed by atoms with Gasteiger partial charge in [-0.05, 0) is 38.1 Å². The molecule has 96 valence electrons. The van der Waals surface area contributed by atoms with Crippen molar-refractivity contribution < 1.29 is 13.2 Å². The molecule has 4 heteroatoms. The third-order valence-electron chi connectivity index (χ3n) is 3.74. The van der Waals surface area contributed by atoms with Crippen molar-refractivity contribution in [2.75, 3.05) is 7.05 Å². The van der Waals surface area contributed by atoms with E-state index < -0.39 is 12.6 Å². The molecule has 1 N–H and O–H groups in total. The summed E-state index contributed by atoms with van der Waals surface area (Å²) in [6, 6.07) is 0.0362. The Bertz CT molecular complexity index is 195. The molecular formula is C12H22F3N. The van der Waals surface area contributed by atoms with Crippen molar-refractivity contribution in [3.63, 3.8) is 0 Å². The fourth-order valence-corrected chi connectivity index (χ4v) is 2.62. The van der Waals surface area contributed by atoms with E-state index in [9.17, 15) is 13.2 Å². The lowest BCUT2D eigenvalue weighted by molar-refractivity contribution is -0.137. The van der Waals surface area contributed by atoms with Gasteiger partial charge in [-0.25, -0.2) is 0 Å². The quantitative estimate of drug-likeness (QED) is 0.785. The predicted octanol–water partition coefficient (Wildman–Crippen LogP) is 3.74. The predicted molar refractivity (Wildman–Crippen MR) is 59.3 cm³/mol. The van der Waals surface area contributed by atoms with Crippen LogP contribution in [0.2, 0.25) is 0 Å². The van der Waals surface area contributed by atoms with Crippen LogP contribution in [0.15, 0.2) is 0 Å². The molecule has 0 radical (unpaired) electrons. The highest BCUT2D eigenvalue weighted by atomic mass is 19.4. The van der Waals surface area contributed by atoms with Crippen LogP contribution in [0.4, 0.5) is 13.2 Å². The Morgan fingerprint density at radius 3 is 2.19 bits per heavy atom. The maximum atomic E-state index is 12.2. The number of rotatable bonds is 4. The molecule has 1 aliphatic carbocycles. The Morgan fingerprint density at radius 1 is 1.19 bits per heavy atom. The molecule has 0 amide bonds. The second-order valence-corrected chi connectivity index (χ2v) is 5.07. The van der Waals surface area contributed by atoms with Gasteiger partial charge in [0.1, 0.15) is 0 Å². The molecule has 1 atom stereocenters. The van der Waals surface area contributed by atoms with Crippen LogP contribution in [0.1, 0.15) is 45.4 Å². The van der Waals surface area contributed by atoms with Gasteiger partial charge in [-0.15, -0.1) is 0 Å². The van der Waals surface area contributed by atoms with Crippen molar-refractivity contribution in [1.82, 2.24) is 5.32 Å².